The monoisotopic (exact) mass is 429 g/mol. The van der Waals surface area contributed by atoms with E-state index in [9.17, 15) is 23.3 Å². The smallest absolute Gasteiger partial charge is 0.312 e. The van der Waals surface area contributed by atoms with Crippen molar-refractivity contribution in [1.82, 2.24) is 9.62 Å². The highest BCUT2D eigenvalue weighted by Crippen LogP contribution is 2.31. The fraction of sp³-hybridized carbons (Fsp3) is 0.611. The van der Waals surface area contributed by atoms with E-state index in [4.69, 9.17) is 9.47 Å². The molecule has 1 saturated heterocycles. The molecule has 0 aliphatic carbocycles. The number of nitro groups is 1. The lowest BCUT2D eigenvalue weighted by Crippen LogP contribution is -2.40. The fourth-order valence-corrected chi connectivity index (χ4v) is 4.26. The number of unbranched alkanes of at least 4 members (excludes halogenated alkanes) is 3. The molecule has 11 heteroatoms. The van der Waals surface area contributed by atoms with Crippen LogP contribution >= 0.6 is 0 Å². The molecule has 1 fully saturated rings. The summed E-state index contributed by atoms with van der Waals surface area (Å²) in [6.07, 6.45) is 4.06. The van der Waals surface area contributed by atoms with E-state index in [1.54, 1.807) is 0 Å². The SMILES string of the molecule is CCCCCCNC(=O)COc1ccc(S(=O)(=O)N2CCOCC2)cc1[N+](=O)[O-]. The van der Waals surface area contributed by atoms with Crippen LogP contribution in [0.15, 0.2) is 23.1 Å². The van der Waals surface area contributed by atoms with Crippen molar-refractivity contribution in [3.05, 3.63) is 28.3 Å². The van der Waals surface area contributed by atoms with Gasteiger partial charge in [-0.25, -0.2) is 8.42 Å². The van der Waals surface area contributed by atoms with Crippen molar-refractivity contribution in [3.63, 3.8) is 0 Å². The van der Waals surface area contributed by atoms with Gasteiger partial charge in [-0.2, -0.15) is 4.31 Å². The first-order valence-electron chi connectivity index (χ1n) is 9.62. The molecule has 0 aromatic heterocycles. The van der Waals surface area contributed by atoms with Gasteiger partial charge >= 0.3 is 5.69 Å². The third-order valence-electron chi connectivity index (χ3n) is 4.45. The van der Waals surface area contributed by atoms with Gasteiger partial charge in [-0.15, -0.1) is 0 Å². The number of nitro benzene ring substituents is 1. The van der Waals surface area contributed by atoms with E-state index in [1.165, 1.54) is 16.4 Å². The van der Waals surface area contributed by atoms with Crippen molar-refractivity contribution in [1.29, 1.82) is 0 Å². The Morgan fingerprint density at radius 1 is 1.28 bits per heavy atom. The molecule has 0 bridgehead atoms. The van der Waals surface area contributed by atoms with Crippen molar-refractivity contribution in [2.75, 3.05) is 39.5 Å². The first kappa shape index (κ1) is 23.0. The van der Waals surface area contributed by atoms with Crippen molar-refractivity contribution < 1.29 is 27.6 Å². The first-order valence-corrected chi connectivity index (χ1v) is 11.1. The molecule has 10 nitrogen and oxygen atoms in total. The minimum Gasteiger partial charge on any atom is -0.477 e. The van der Waals surface area contributed by atoms with Crippen LogP contribution in [-0.2, 0) is 19.6 Å². The molecule has 162 valence electrons. The third kappa shape index (κ3) is 6.65. The predicted molar refractivity (Wildman–Crippen MR) is 105 cm³/mol. The molecule has 0 atom stereocenters. The Morgan fingerprint density at radius 2 is 2.00 bits per heavy atom. The zero-order chi connectivity index (χ0) is 21.3. The maximum Gasteiger partial charge on any atom is 0.312 e. The largest absolute Gasteiger partial charge is 0.477 e. The van der Waals surface area contributed by atoms with Gasteiger partial charge in [0, 0.05) is 25.7 Å². The Hall–Kier alpha value is -2.24. The average molecular weight is 429 g/mol. The summed E-state index contributed by atoms with van der Waals surface area (Å²) in [4.78, 5) is 22.3. The number of hydrogen-bond donors (Lipinski definition) is 1. The molecule has 29 heavy (non-hydrogen) atoms. The summed E-state index contributed by atoms with van der Waals surface area (Å²) < 4.78 is 37.0. The number of ether oxygens (including phenoxy) is 2. The second-order valence-electron chi connectivity index (χ2n) is 6.60. The Labute approximate surface area is 170 Å². The quantitative estimate of drug-likeness (QED) is 0.322. The van der Waals surface area contributed by atoms with Gasteiger partial charge in [-0.1, -0.05) is 26.2 Å². The van der Waals surface area contributed by atoms with Gasteiger partial charge in [-0.3, -0.25) is 14.9 Å². The summed E-state index contributed by atoms with van der Waals surface area (Å²) in [7, 11) is -3.87. The average Bonchev–Trinajstić information content (AvgIpc) is 2.72. The van der Waals surface area contributed by atoms with E-state index in [-0.39, 0.29) is 49.5 Å². The topological polar surface area (TPSA) is 128 Å². The first-order chi connectivity index (χ1) is 13.9. The van der Waals surface area contributed by atoms with Crippen LogP contribution in [0.2, 0.25) is 0 Å². The molecule has 0 spiro atoms. The van der Waals surface area contributed by atoms with Crippen LogP contribution in [0.5, 0.6) is 5.75 Å². The Balaban J connectivity index is 2.02. The molecule has 1 aliphatic heterocycles. The Morgan fingerprint density at radius 3 is 2.66 bits per heavy atom. The normalized spacial score (nSPS) is 15.1. The second kappa shape index (κ2) is 11.1. The number of amides is 1. The van der Waals surface area contributed by atoms with E-state index in [1.807, 2.05) is 0 Å². The number of sulfonamides is 1. The zero-order valence-electron chi connectivity index (χ0n) is 16.5. The molecule has 1 aliphatic rings. The molecule has 1 N–H and O–H groups in total. The Kier molecular flexibility index (Phi) is 8.80. The minimum absolute atomic E-state index is 0.155. The summed E-state index contributed by atoms with van der Waals surface area (Å²) >= 11 is 0. The highest BCUT2D eigenvalue weighted by molar-refractivity contribution is 7.89. The fourth-order valence-electron chi connectivity index (χ4n) is 2.83. The number of nitrogens with zero attached hydrogens (tertiary/aromatic N) is 2. The highest BCUT2D eigenvalue weighted by atomic mass is 32.2. The van der Waals surface area contributed by atoms with E-state index >= 15 is 0 Å². The van der Waals surface area contributed by atoms with Crippen molar-refractivity contribution >= 4 is 21.6 Å². The van der Waals surface area contributed by atoms with Crippen molar-refractivity contribution in [3.8, 4) is 5.75 Å². The molecule has 0 radical (unpaired) electrons. The molecule has 0 saturated carbocycles. The second-order valence-corrected chi connectivity index (χ2v) is 8.54. The molecular formula is C18H27N3O7S. The number of benzene rings is 1. The van der Waals surface area contributed by atoms with Crippen molar-refractivity contribution in [2.45, 2.75) is 37.5 Å². The standard InChI is InChI=1S/C18H27N3O7S/c1-2-3-4-5-8-19-18(22)14-28-17-7-6-15(13-16(17)21(23)24)29(25,26)20-9-11-27-12-10-20/h6-7,13H,2-5,8-12,14H2,1H3,(H,19,22). The number of nitrogens with one attached hydrogen (secondary N) is 1. The van der Waals surface area contributed by atoms with Crippen molar-refractivity contribution in [2.24, 2.45) is 0 Å². The number of morpholine rings is 1. The summed E-state index contributed by atoms with van der Waals surface area (Å²) in [5, 5.41) is 14.1. The molecule has 1 amide bonds. The van der Waals surface area contributed by atoms with Crippen LogP contribution in [0.1, 0.15) is 32.6 Å². The summed E-state index contributed by atoms with van der Waals surface area (Å²) in [6, 6.07) is 3.42. The number of carbonyl (C=O) groups excluding carboxylic acids is 1. The maximum atomic E-state index is 12.7. The van der Waals surface area contributed by atoms with Gasteiger partial charge in [0.05, 0.1) is 23.0 Å². The number of rotatable bonds is 11. The van der Waals surface area contributed by atoms with Crippen LogP contribution < -0.4 is 10.1 Å². The lowest BCUT2D eigenvalue weighted by Gasteiger charge is -2.26. The van der Waals surface area contributed by atoms with Crippen LogP contribution in [0, 0.1) is 10.1 Å². The zero-order valence-corrected chi connectivity index (χ0v) is 17.3. The van der Waals surface area contributed by atoms with Gasteiger partial charge in [0.1, 0.15) is 0 Å². The molecule has 2 rings (SSSR count). The van der Waals surface area contributed by atoms with Gasteiger partial charge in [0.2, 0.25) is 10.0 Å². The van der Waals surface area contributed by atoms with E-state index in [2.05, 4.69) is 12.2 Å². The van der Waals surface area contributed by atoms with Gasteiger partial charge in [0.25, 0.3) is 5.91 Å². The summed E-state index contributed by atoms with van der Waals surface area (Å²) in [6.45, 7) is 3.15. The van der Waals surface area contributed by atoms with E-state index < -0.39 is 20.6 Å². The molecule has 0 unspecified atom stereocenters. The van der Waals surface area contributed by atoms with Gasteiger partial charge in [0.15, 0.2) is 12.4 Å². The van der Waals surface area contributed by atoms with E-state index in [0.717, 1.165) is 31.7 Å². The molecule has 1 aromatic carbocycles. The number of carbonyl (C=O) groups is 1. The highest BCUT2D eigenvalue weighted by Gasteiger charge is 2.29. The summed E-state index contributed by atoms with van der Waals surface area (Å²) in [5.74, 6) is -0.544. The predicted octanol–water partition coefficient (Wildman–Crippen LogP) is 1.69. The third-order valence-corrected chi connectivity index (χ3v) is 6.34. The summed E-state index contributed by atoms with van der Waals surface area (Å²) in [5.41, 5.74) is -0.505. The van der Waals surface area contributed by atoms with Crippen LogP contribution in [-0.4, -0.2) is 63.0 Å². The van der Waals surface area contributed by atoms with Crippen LogP contribution in [0.4, 0.5) is 5.69 Å². The maximum absolute atomic E-state index is 12.7. The lowest BCUT2D eigenvalue weighted by molar-refractivity contribution is -0.386. The number of hydrogen-bond acceptors (Lipinski definition) is 7. The molecule has 1 aromatic rings. The minimum atomic E-state index is -3.87. The van der Waals surface area contributed by atoms with Crippen LogP contribution in [0.25, 0.3) is 0 Å². The van der Waals surface area contributed by atoms with Gasteiger partial charge < -0.3 is 14.8 Å². The Bertz CT molecular complexity index is 808. The van der Waals surface area contributed by atoms with Gasteiger partial charge in [-0.05, 0) is 18.6 Å². The van der Waals surface area contributed by atoms with E-state index in [0.29, 0.717) is 6.54 Å². The molecular weight excluding hydrogens is 402 g/mol. The van der Waals surface area contributed by atoms with Crippen LogP contribution in [0.3, 0.4) is 0 Å². The lowest BCUT2D eigenvalue weighted by atomic mass is 10.2. The molecule has 1 heterocycles.